The maximum atomic E-state index is 12.7. The van der Waals surface area contributed by atoms with Crippen LogP contribution in [0.15, 0.2) is 91.3 Å². The van der Waals surface area contributed by atoms with Gasteiger partial charge in [0.15, 0.2) is 6.61 Å². The number of rotatable bonds is 1. The molecule has 0 unspecified atom stereocenters. The Hall–Kier alpha value is -5.15. The molecule has 0 fully saturated rings. The summed E-state index contributed by atoms with van der Waals surface area (Å²) in [6, 6.07) is 15.5. The Morgan fingerprint density at radius 3 is 2.67 bits per heavy atom. The maximum Gasteiger partial charge on any atom is 0.262 e. The number of hydrogen-bond acceptors (Lipinski definition) is 8. The van der Waals surface area contributed by atoms with Crippen molar-refractivity contribution in [1.29, 1.82) is 0 Å². The molecule has 0 saturated carbocycles. The van der Waals surface area contributed by atoms with E-state index in [1.54, 1.807) is 23.6 Å². The van der Waals surface area contributed by atoms with Gasteiger partial charge in [-0.05, 0) is 48.4 Å². The van der Waals surface area contributed by atoms with Gasteiger partial charge >= 0.3 is 0 Å². The molecular weight excluding hydrogens is 490 g/mol. The van der Waals surface area contributed by atoms with Crippen molar-refractivity contribution in [3.05, 3.63) is 96.9 Å². The molecule has 3 aliphatic heterocycles. The predicted molar refractivity (Wildman–Crippen MR) is 155 cm³/mol. The third-order valence-electron chi connectivity index (χ3n) is 6.69. The van der Waals surface area contributed by atoms with E-state index in [0.717, 1.165) is 56.1 Å². The molecule has 39 heavy (non-hydrogen) atoms. The van der Waals surface area contributed by atoms with E-state index < -0.39 is 0 Å². The summed E-state index contributed by atoms with van der Waals surface area (Å²) in [4.78, 5) is 21.6. The van der Waals surface area contributed by atoms with E-state index in [1.807, 2.05) is 74.9 Å². The van der Waals surface area contributed by atoms with Gasteiger partial charge in [-0.2, -0.15) is 0 Å². The fourth-order valence-electron chi connectivity index (χ4n) is 4.86. The smallest absolute Gasteiger partial charge is 0.262 e. The lowest BCUT2D eigenvalue weighted by molar-refractivity contribution is -0.118. The van der Waals surface area contributed by atoms with Crippen molar-refractivity contribution in [2.45, 2.75) is 6.92 Å². The van der Waals surface area contributed by atoms with Crippen LogP contribution >= 0.6 is 0 Å². The van der Waals surface area contributed by atoms with Gasteiger partial charge in [-0.15, -0.1) is 0 Å². The molecule has 0 atom stereocenters. The molecule has 10 bridgehead atoms. The van der Waals surface area contributed by atoms with Gasteiger partial charge in [-0.3, -0.25) is 14.8 Å². The minimum absolute atomic E-state index is 0.142. The summed E-state index contributed by atoms with van der Waals surface area (Å²) in [7, 11) is 1.81. The number of nitrogens with one attached hydrogen (secondary N) is 3. The van der Waals surface area contributed by atoms with Gasteiger partial charge in [0.25, 0.3) is 5.91 Å². The number of hydrazine groups is 1. The average molecular weight is 518 g/mol. The third-order valence-corrected chi connectivity index (χ3v) is 6.69. The van der Waals surface area contributed by atoms with Crippen LogP contribution in [0.25, 0.3) is 27.8 Å². The molecule has 3 aliphatic rings. The first-order valence-corrected chi connectivity index (χ1v) is 12.5. The van der Waals surface area contributed by atoms with E-state index in [9.17, 15) is 4.79 Å². The summed E-state index contributed by atoms with van der Waals surface area (Å²) in [5, 5.41) is 11.5. The molecule has 2 aromatic carbocycles. The topological polar surface area (TPSA) is 117 Å². The summed E-state index contributed by atoms with van der Waals surface area (Å²) in [5.74, 6) is 6.55. The number of amides is 1. The minimum atomic E-state index is -0.281. The lowest BCUT2D eigenvalue weighted by Crippen LogP contribution is -2.26. The van der Waals surface area contributed by atoms with Gasteiger partial charge in [-0.1, -0.05) is 24.3 Å². The number of allylic oxidation sites excluding steroid dienone is 2. The van der Waals surface area contributed by atoms with E-state index in [-0.39, 0.29) is 12.5 Å². The molecule has 0 radical (unpaired) electrons. The number of anilines is 4. The largest absolute Gasteiger partial charge is 0.484 e. The maximum absolute atomic E-state index is 12.7. The molecule has 5 heterocycles. The zero-order valence-electron chi connectivity index (χ0n) is 21.5. The van der Waals surface area contributed by atoms with Crippen LogP contribution in [0.4, 0.5) is 22.7 Å². The van der Waals surface area contributed by atoms with Crippen LogP contribution in [0, 0.1) is 0 Å². The molecule has 2 aromatic heterocycles. The van der Waals surface area contributed by atoms with Crippen molar-refractivity contribution in [3.63, 3.8) is 0 Å². The number of nitrogens with zero attached hydrogens (tertiary/aromatic N) is 3. The Morgan fingerprint density at radius 1 is 0.949 bits per heavy atom. The third kappa shape index (κ3) is 4.67. The number of carbonyl (C=O) groups is 1. The van der Waals surface area contributed by atoms with E-state index in [2.05, 4.69) is 32.0 Å². The van der Waals surface area contributed by atoms with Crippen LogP contribution in [0.5, 0.6) is 5.75 Å². The lowest BCUT2D eigenvalue weighted by Gasteiger charge is -2.26. The zero-order chi connectivity index (χ0) is 26.9. The summed E-state index contributed by atoms with van der Waals surface area (Å²) in [5.41, 5.74) is 9.51. The average Bonchev–Trinajstić information content (AvgIpc) is 2.96. The Morgan fingerprint density at radius 2 is 1.82 bits per heavy atom. The van der Waals surface area contributed by atoms with E-state index in [4.69, 9.17) is 10.6 Å². The molecule has 9 heteroatoms. The van der Waals surface area contributed by atoms with Crippen LogP contribution in [0.2, 0.25) is 0 Å². The highest BCUT2D eigenvalue weighted by Gasteiger charge is 2.21. The summed E-state index contributed by atoms with van der Waals surface area (Å²) in [6.07, 6.45) is 11.0. The van der Waals surface area contributed by atoms with E-state index in [0.29, 0.717) is 11.4 Å². The number of benzene rings is 2. The second kappa shape index (κ2) is 9.96. The Balaban J connectivity index is 1.53. The molecule has 4 aromatic rings. The molecule has 9 nitrogen and oxygen atoms in total. The van der Waals surface area contributed by atoms with E-state index in [1.165, 1.54) is 0 Å². The lowest BCUT2D eigenvalue weighted by atomic mass is 9.95. The van der Waals surface area contributed by atoms with Crippen LogP contribution in [0.3, 0.4) is 0 Å². The van der Waals surface area contributed by atoms with Crippen molar-refractivity contribution >= 4 is 34.2 Å². The Bertz CT molecular complexity index is 1660. The molecule has 0 spiro atoms. The fraction of sp³-hybridized carbons (Fsp3) is 0.100. The van der Waals surface area contributed by atoms with E-state index >= 15 is 0 Å². The number of aromatic nitrogens is 2. The molecule has 1 amide bonds. The molecule has 5 N–H and O–H groups in total. The summed E-state index contributed by atoms with van der Waals surface area (Å²) in [6.45, 7) is 1.85. The van der Waals surface area contributed by atoms with Crippen LogP contribution in [0.1, 0.15) is 12.5 Å². The molecule has 7 rings (SSSR count). The van der Waals surface area contributed by atoms with Crippen molar-refractivity contribution in [3.8, 4) is 28.0 Å². The van der Waals surface area contributed by atoms with Crippen molar-refractivity contribution in [2.75, 3.05) is 34.6 Å². The van der Waals surface area contributed by atoms with Crippen molar-refractivity contribution in [1.82, 2.24) is 9.97 Å². The van der Waals surface area contributed by atoms with Gasteiger partial charge in [0, 0.05) is 47.9 Å². The quantitative estimate of drug-likeness (QED) is 0.200. The Kier molecular flexibility index (Phi) is 6.18. The first-order chi connectivity index (χ1) is 19.0. The number of carbonyl (C=O) groups excluding carboxylic acids is 1. The number of hydrogen-bond donors (Lipinski definition) is 4. The second-order valence-electron chi connectivity index (χ2n) is 9.31. The highest BCUT2D eigenvalue weighted by Crippen LogP contribution is 2.41. The zero-order valence-corrected chi connectivity index (χ0v) is 21.5. The van der Waals surface area contributed by atoms with Gasteiger partial charge in [0.05, 0.1) is 40.8 Å². The van der Waals surface area contributed by atoms with Gasteiger partial charge in [0.2, 0.25) is 0 Å². The SMILES string of the molecule is C/C=C1/C2=CNc3c(cncc3-c3cccc(c3)OCC(=O)Nc3cncc(c3)-c3ccc(N(C)N)c1c3)N2. The standard InChI is InChI=1S/C30H27N7O2/c1-3-23-24-11-18(7-8-28(24)37(2)31)20-9-21(13-32-12-20)35-29(38)17-39-22-6-4-5-19(10-22)25-14-33-15-27-30(25)34-16-26(23)36-27/h3-16,34,36H,17,31H2,1-2H3,(H,35,38)/b23-3+. The number of pyridine rings is 2. The second-order valence-corrected chi connectivity index (χ2v) is 9.31. The highest BCUT2D eigenvalue weighted by atomic mass is 16.5. The van der Waals surface area contributed by atoms with Gasteiger partial charge < -0.3 is 25.7 Å². The molecular formula is C30H27N7O2. The molecule has 0 aliphatic carbocycles. The number of fused-ring (bicyclic) bond motifs is 4. The summed E-state index contributed by atoms with van der Waals surface area (Å²) >= 11 is 0. The summed E-state index contributed by atoms with van der Waals surface area (Å²) < 4.78 is 5.83. The first-order valence-electron chi connectivity index (χ1n) is 12.5. The van der Waals surface area contributed by atoms with Crippen molar-refractivity contribution < 1.29 is 9.53 Å². The normalized spacial score (nSPS) is 15.0. The van der Waals surface area contributed by atoms with Crippen molar-refractivity contribution in [2.24, 2.45) is 5.84 Å². The predicted octanol–water partition coefficient (Wildman–Crippen LogP) is 5.23. The molecule has 194 valence electrons. The van der Waals surface area contributed by atoms with Crippen LogP contribution < -0.4 is 31.5 Å². The van der Waals surface area contributed by atoms with Crippen LogP contribution in [-0.4, -0.2) is 29.5 Å². The first kappa shape index (κ1) is 24.2. The van der Waals surface area contributed by atoms with Crippen LogP contribution in [-0.2, 0) is 4.79 Å². The Labute approximate surface area is 226 Å². The highest BCUT2D eigenvalue weighted by molar-refractivity contribution is 5.97. The number of ether oxygens (including phenoxy) is 1. The monoisotopic (exact) mass is 517 g/mol. The fourth-order valence-corrected chi connectivity index (χ4v) is 4.86. The molecule has 0 saturated heterocycles. The number of nitrogens with two attached hydrogens (primary N) is 1. The van der Waals surface area contributed by atoms with Gasteiger partial charge in [0.1, 0.15) is 5.75 Å². The van der Waals surface area contributed by atoms with Gasteiger partial charge in [-0.25, -0.2) is 5.84 Å². The minimum Gasteiger partial charge on any atom is -0.484 e.